The molecule has 0 spiro atoms. The molecule has 0 radical (unpaired) electrons. The van der Waals surface area contributed by atoms with Crippen LogP contribution in [-0.4, -0.2) is 36.1 Å². The van der Waals surface area contributed by atoms with Gasteiger partial charge in [0.05, 0.1) is 7.11 Å². The summed E-state index contributed by atoms with van der Waals surface area (Å²) in [6.07, 6.45) is 3.87. The number of carbonyl (C=O) groups excluding carboxylic acids is 1. The summed E-state index contributed by atoms with van der Waals surface area (Å²) in [6, 6.07) is 0. The minimum atomic E-state index is -0.370. The van der Waals surface area contributed by atoms with Crippen molar-refractivity contribution in [3.63, 3.8) is 0 Å². The van der Waals surface area contributed by atoms with Crippen LogP contribution in [0.4, 0.5) is 5.82 Å². The minimum Gasteiger partial charge on any atom is -0.465 e. The van der Waals surface area contributed by atoms with Gasteiger partial charge in [-0.25, -0.2) is 14.8 Å². The molecule has 1 aliphatic heterocycles. The number of rotatable bonds is 3. The average molecular weight is 249 g/mol. The lowest BCUT2D eigenvalue weighted by atomic mass is 10.1. The molecule has 0 aromatic carbocycles. The van der Waals surface area contributed by atoms with Crippen molar-refractivity contribution in [2.45, 2.75) is 26.7 Å². The molecule has 1 unspecified atom stereocenters. The van der Waals surface area contributed by atoms with E-state index in [1.54, 1.807) is 6.20 Å². The zero-order valence-corrected chi connectivity index (χ0v) is 11.1. The van der Waals surface area contributed by atoms with Crippen LogP contribution in [0, 0.1) is 12.8 Å². The first-order chi connectivity index (χ1) is 8.65. The van der Waals surface area contributed by atoms with Crippen molar-refractivity contribution in [3.8, 4) is 0 Å². The summed E-state index contributed by atoms with van der Waals surface area (Å²) in [4.78, 5) is 22.4. The Morgan fingerprint density at radius 3 is 3.00 bits per heavy atom. The molecule has 0 N–H and O–H groups in total. The molecule has 5 nitrogen and oxygen atoms in total. The Balaban J connectivity index is 2.31. The van der Waals surface area contributed by atoms with Crippen LogP contribution in [0.2, 0.25) is 0 Å². The fraction of sp³-hybridized carbons (Fsp3) is 0.615. The molecule has 0 saturated carbocycles. The maximum Gasteiger partial charge on any atom is 0.343 e. The zero-order chi connectivity index (χ0) is 13.1. The number of anilines is 1. The standard InChI is InChI=1S/C13H19N3O2/c1-4-10-5-6-16(8-10)12-11(13(17)18-3)7-14-9(2)15-12/h7,10H,4-6,8H2,1-3H3. The second-order valence-electron chi connectivity index (χ2n) is 4.66. The highest BCUT2D eigenvalue weighted by atomic mass is 16.5. The summed E-state index contributed by atoms with van der Waals surface area (Å²) < 4.78 is 4.78. The van der Waals surface area contributed by atoms with E-state index < -0.39 is 0 Å². The molecule has 98 valence electrons. The lowest BCUT2D eigenvalue weighted by Gasteiger charge is -2.19. The van der Waals surface area contributed by atoms with E-state index in [4.69, 9.17) is 4.74 Å². The van der Waals surface area contributed by atoms with Crippen molar-refractivity contribution in [2.24, 2.45) is 5.92 Å². The fourth-order valence-electron chi connectivity index (χ4n) is 2.31. The van der Waals surface area contributed by atoms with Crippen LogP contribution in [0.25, 0.3) is 0 Å². The van der Waals surface area contributed by atoms with Crippen LogP contribution in [-0.2, 0) is 4.74 Å². The fourth-order valence-corrected chi connectivity index (χ4v) is 2.31. The van der Waals surface area contributed by atoms with E-state index in [9.17, 15) is 4.79 Å². The first-order valence-electron chi connectivity index (χ1n) is 6.32. The highest BCUT2D eigenvalue weighted by Gasteiger charge is 2.26. The monoisotopic (exact) mass is 249 g/mol. The van der Waals surface area contributed by atoms with E-state index in [2.05, 4.69) is 21.8 Å². The van der Waals surface area contributed by atoms with Gasteiger partial charge in [-0.15, -0.1) is 0 Å². The quantitative estimate of drug-likeness (QED) is 0.765. The average Bonchev–Trinajstić information content (AvgIpc) is 2.86. The van der Waals surface area contributed by atoms with E-state index in [1.165, 1.54) is 7.11 Å². The third kappa shape index (κ3) is 2.44. The van der Waals surface area contributed by atoms with Gasteiger partial charge in [-0.2, -0.15) is 0 Å². The van der Waals surface area contributed by atoms with Crippen molar-refractivity contribution in [1.29, 1.82) is 0 Å². The molecule has 0 amide bonds. The van der Waals surface area contributed by atoms with Crippen molar-refractivity contribution >= 4 is 11.8 Å². The van der Waals surface area contributed by atoms with E-state index in [1.807, 2.05) is 6.92 Å². The molecule has 5 heteroatoms. The van der Waals surface area contributed by atoms with Crippen molar-refractivity contribution < 1.29 is 9.53 Å². The largest absolute Gasteiger partial charge is 0.465 e. The van der Waals surface area contributed by atoms with E-state index in [0.717, 1.165) is 25.9 Å². The van der Waals surface area contributed by atoms with Gasteiger partial charge in [0, 0.05) is 19.3 Å². The van der Waals surface area contributed by atoms with Gasteiger partial charge in [0.15, 0.2) is 0 Å². The third-order valence-electron chi connectivity index (χ3n) is 3.46. The molecule has 1 atom stereocenters. The van der Waals surface area contributed by atoms with Crippen LogP contribution >= 0.6 is 0 Å². The number of carbonyl (C=O) groups is 1. The van der Waals surface area contributed by atoms with Gasteiger partial charge in [0.25, 0.3) is 0 Å². The normalized spacial score (nSPS) is 19.1. The van der Waals surface area contributed by atoms with Crippen LogP contribution in [0.5, 0.6) is 0 Å². The van der Waals surface area contributed by atoms with E-state index in [-0.39, 0.29) is 5.97 Å². The van der Waals surface area contributed by atoms with Crippen LogP contribution in [0.3, 0.4) is 0 Å². The van der Waals surface area contributed by atoms with Crippen LogP contribution in [0.1, 0.15) is 35.9 Å². The molecule has 0 aliphatic carbocycles. The van der Waals surface area contributed by atoms with Crippen LogP contribution in [0.15, 0.2) is 6.20 Å². The number of nitrogens with zero attached hydrogens (tertiary/aromatic N) is 3. The second-order valence-corrected chi connectivity index (χ2v) is 4.66. The van der Waals surface area contributed by atoms with Crippen LogP contribution < -0.4 is 4.90 Å². The minimum absolute atomic E-state index is 0.370. The SMILES string of the molecule is CCC1CCN(c2nc(C)ncc2C(=O)OC)C1. The molecular formula is C13H19N3O2. The number of ether oxygens (including phenoxy) is 1. The summed E-state index contributed by atoms with van der Waals surface area (Å²) >= 11 is 0. The first-order valence-corrected chi connectivity index (χ1v) is 6.32. The van der Waals surface area contributed by atoms with Crippen molar-refractivity contribution in [2.75, 3.05) is 25.1 Å². The summed E-state index contributed by atoms with van der Waals surface area (Å²) in [6.45, 7) is 5.93. The van der Waals surface area contributed by atoms with Gasteiger partial charge in [-0.1, -0.05) is 13.3 Å². The second kappa shape index (κ2) is 5.33. The number of methoxy groups -OCH3 is 1. The van der Waals surface area contributed by atoms with Gasteiger partial charge in [0.1, 0.15) is 17.2 Å². The zero-order valence-electron chi connectivity index (χ0n) is 11.1. The number of hydrogen-bond donors (Lipinski definition) is 0. The molecule has 1 aromatic heterocycles. The smallest absolute Gasteiger partial charge is 0.343 e. The van der Waals surface area contributed by atoms with Gasteiger partial charge in [-0.3, -0.25) is 0 Å². The maximum absolute atomic E-state index is 11.7. The van der Waals surface area contributed by atoms with Crippen molar-refractivity contribution in [3.05, 3.63) is 17.6 Å². The topological polar surface area (TPSA) is 55.3 Å². The molecule has 1 aromatic rings. The summed E-state index contributed by atoms with van der Waals surface area (Å²) in [7, 11) is 1.38. The molecule has 2 rings (SSSR count). The van der Waals surface area contributed by atoms with Gasteiger partial charge in [0.2, 0.25) is 0 Å². The highest BCUT2D eigenvalue weighted by molar-refractivity contribution is 5.94. The first kappa shape index (κ1) is 12.8. The van der Waals surface area contributed by atoms with E-state index in [0.29, 0.717) is 23.1 Å². The Morgan fingerprint density at radius 2 is 2.39 bits per heavy atom. The molecule has 2 heterocycles. The molecule has 18 heavy (non-hydrogen) atoms. The molecular weight excluding hydrogens is 230 g/mol. The van der Waals surface area contributed by atoms with Gasteiger partial charge in [-0.05, 0) is 19.3 Å². The molecule has 1 fully saturated rings. The summed E-state index contributed by atoms with van der Waals surface area (Å²) in [5.41, 5.74) is 0.458. The third-order valence-corrected chi connectivity index (χ3v) is 3.46. The Kier molecular flexibility index (Phi) is 3.79. The Hall–Kier alpha value is -1.65. The Labute approximate surface area is 107 Å². The Bertz CT molecular complexity index is 448. The lowest BCUT2D eigenvalue weighted by molar-refractivity contribution is 0.0600. The number of esters is 1. The molecule has 0 bridgehead atoms. The molecule has 1 saturated heterocycles. The molecule has 1 aliphatic rings. The van der Waals surface area contributed by atoms with Crippen molar-refractivity contribution in [1.82, 2.24) is 9.97 Å². The van der Waals surface area contributed by atoms with Gasteiger partial charge < -0.3 is 9.64 Å². The number of aryl methyl sites for hydroxylation is 1. The predicted molar refractivity (Wildman–Crippen MR) is 68.7 cm³/mol. The lowest BCUT2D eigenvalue weighted by Crippen LogP contribution is -2.24. The summed E-state index contributed by atoms with van der Waals surface area (Å²) in [5, 5.41) is 0. The van der Waals surface area contributed by atoms with Gasteiger partial charge >= 0.3 is 5.97 Å². The van der Waals surface area contributed by atoms with E-state index >= 15 is 0 Å². The number of hydrogen-bond acceptors (Lipinski definition) is 5. The number of aromatic nitrogens is 2. The maximum atomic E-state index is 11.7. The Morgan fingerprint density at radius 1 is 1.61 bits per heavy atom. The summed E-state index contributed by atoms with van der Waals surface area (Å²) in [5.74, 6) is 1.71. The predicted octanol–water partition coefficient (Wildman–Crippen LogP) is 1.81. The highest BCUT2D eigenvalue weighted by Crippen LogP contribution is 2.26.